The van der Waals surface area contributed by atoms with E-state index in [4.69, 9.17) is 0 Å². The molecule has 0 radical (unpaired) electrons. The third-order valence-electron chi connectivity index (χ3n) is 3.77. The number of rotatable bonds is 10. The van der Waals surface area contributed by atoms with E-state index in [0.717, 1.165) is 12.5 Å². The molecule has 1 aliphatic carbocycles. The van der Waals surface area contributed by atoms with Gasteiger partial charge in [-0.3, -0.25) is 5.32 Å². The molecule has 0 aliphatic heterocycles. The fourth-order valence-electron chi connectivity index (χ4n) is 2.58. The Morgan fingerprint density at radius 2 is 1.95 bits per heavy atom. The summed E-state index contributed by atoms with van der Waals surface area (Å²) in [5.74, 6) is 0.852. The van der Waals surface area contributed by atoms with Gasteiger partial charge in [-0.15, -0.1) is 0 Å². The van der Waals surface area contributed by atoms with Crippen LogP contribution in [0.1, 0.15) is 59.3 Å². The Morgan fingerprint density at radius 3 is 2.42 bits per heavy atom. The number of likely N-dealkylation sites (N-methyl/N-ethyl adjacent to an activating group) is 1. The molecule has 1 unspecified atom stereocenters. The Hall–Kier alpha value is -0.600. The number of allylic oxidation sites excluding steroid dienone is 2. The summed E-state index contributed by atoms with van der Waals surface area (Å²) in [7, 11) is 2.06. The molecular formula is C17H32N2. The molecule has 2 N–H and O–H groups in total. The van der Waals surface area contributed by atoms with Gasteiger partial charge in [0.15, 0.2) is 0 Å². The van der Waals surface area contributed by atoms with Crippen molar-refractivity contribution >= 4 is 0 Å². The van der Waals surface area contributed by atoms with Crippen molar-refractivity contribution in [1.29, 1.82) is 0 Å². The molecule has 1 fully saturated rings. The molecule has 0 spiro atoms. The average molecular weight is 264 g/mol. The van der Waals surface area contributed by atoms with Gasteiger partial charge in [0.1, 0.15) is 0 Å². The highest BCUT2D eigenvalue weighted by Crippen LogP contribution is 2.40. The quantitative estimate of drug-likeness (QED) is 0.460. The van der Waals surface area contributed by atoms with E-state index < -0.39 is 0 Å². The second-order valence-corrected chi connectivity index (χ2v) is 5.48. The Bertz CT molecular complexity index is 300. The van der Waals surface area contributed by atoms with E-state index in [2.05, 4.69) is 50.6 Å². The van der Waals surface area contributed by atoms with Crippen LogP contribution in [0.2, 0.25) is 0 Å². The fourth-order valence-corrected chi connectivity index (χ4v) is 2.58. The molecule has 1 saturated carbocycles. The first-order valence-electron chi connectivity index (χ1n) is 8.08. The Kier molecular flexibility index (Phi) is 8.08. The third-order valence-corrected chi connectivity index (χ3v) is 3.77. The molecule has 0 aromatic carbocycles. The van der Waals surface area contributed by atoms with Crippen LogP contribution in [0.4, 0.5) is 0 Å². The lowest BCUT2D eigenvalue weighted by Gasteiger charge is -2.23. The largest absolute Gasteiger partial charge is 0.301 e. The second-order valence-electron chi connectivity index (χ2n) is 5.48. The fraction of sp³-hybridized carbons (Fsp3) is 0.765. The maximum atomic E-state index is 3.62. The van der Waals surface area contributed by atoms with E-state index in [1.54, 1.807) is 5.57 Å². The maximum absolute atomic E-state index is 3.62. The maximum Gasteiger partial charge on any atom is 0.0832 e. The Morgan fingerprint density at radius 1 is 1.21 bits per heavy atom. The van der Waals surface area contributed by atoms with Crippen molar-refractivity contribution in [2.24, 2.45) is 5.92 Å². The average Bonchev–Trinajstić information content (AvgIpc) is 3.24. The number of nitrogens with one attached hydrogen (secondary N) is 2. The van der Waals surface area contributed by atoms with Gasteiger partial charge in [-0.05, 0) is 57.2 Å². The van der Waals surface area contributed by atoms with Gasteiger partial charge < -0.3 is 5.32 Å². The Labute approximate surface area is 119 Å². The molecule has 1 aliphatic rings. The van der Waals surface area contributed by atoms with Crippen LogP contribution in [0.25, 0.3) is 0 Å². The van der Waals surface area contributed by atoms with E-state index in [0.29, 0.717) is 6.17 Å². The highest BCUT2D eigenvalue weighted by Gasteiger charge is 2.28. The van der Waals surface area contributed by atoms with Gasteiger partial charge in [0.25, 0.3) is 0 Å². The van der Waals surface area contributed by atoms with Crippen molar-refractivity contribution in [2.45, 2.75) is 65.5 Å². The summed E-state index contributed by atoms with van der Waals surface area (Å²) in [4.78, 5) is 0. The molecule has 2 heteroatoms. The zero-order valence-electron chi connectivity index (χ0n) is 13.3. The van der Waals surface area contributed by atoms with Gasteiger partial charge in [0, 0.05) is 0 Å². The molecule has 0 amide bonds. The minimum absolute atomic E-state index is 0.309. The highest BCUT2D eigenvalue weighted by molar-refractivity contribution is 5.33. The number of hydrogen-bond donors (Lipinski definition) is 2. The van der Waals surface area contributed by atoms with E-state index >= 15 is 0 Å². The van der Waals surface area contributed by atoms with Crippen molar-refractivity contribution < 1.29 is 0 Å². The van der Waals surface area contributed by atoms with E-state index in [1.807, 2.05) is 0 Å². The van der Waals surface area contributed by atoms with Crippen LogP contribution >= 0.6 is 0 Å². The summed E-state index contributed by atoms with van der Waals surface area (Å²) in [6.45, 7) is 7.82. The molecule has 19 heavy (non-hydrogen) atoms. The SMILES string of the molecule is CCC/C=C/C(=C(\CC)C1CC1)C(NC)NCCC. The van der Waals surface area contributed by atoms with E-state index in [-0.39, 0.29) is 0 Å². The first-order chi connectivity index (χ1) is 9.28. The van der Waals surface area contributed by atoms with Crippen molar-refractivity contribution in [1.82, 2.24) is 10.6 Å². The summed E-state index contributed by atoms with van der Waals surface area (Å²) in [6, 6.07) is 0. The van der Waals surface area contributed by atoms with Gasteiger partial charge in [-0.25, -0.2) is 0 Å². The first-order valence-corrected chi connectivity index (χ1v) is 8.08. The zero-order chi connectivity index (χ0) is 14.1. The van der Waals surface area contributed by atoms with Gasteiger partial charge in [0.2, 0.25) is 0 Å². The highest BCUT2D eigenvalue weighted by atomic mass is 15.1. The molecule has 0 bridgehead atoms. The molecule has 0 saturated heterocycles. The predicted octanol–water partition coefficient (Wildman–Crippen LogP) is 4.00. The van der Waals surface area contributed by atoms with Crippen LogP contribution in [-0.4, -0.2) is 19.8 Å². The van der Waals surface area contributed by atoms with Gasteiger partial charge >= 0.3 is 0 Å². The molecule has 110 valence electrons. The molecular weight excluding hydrogens is 232 g/mol. The normalized spacial score (nSPS) is 18.7. The summed E-state index contributed by atoms with van der Waals surface area (Å²) < 4.78 is 0. The van der Waals surface area contributed by atoms with Crippen LogP contribution in [0.15, 0.2) is 23.3 Å². The lowest BCUT2D eigenvalue weighted by atomic mass is 9.97. The molecule has 2 nitrogen and oxygen atoms in total. The molecule has 0 aromatic rings. The van der Waals surface area contributed by atoms with Gasteiger partial charge in [0.05, 0.1) is 6.17 Å². The van der Waals surface area contributed by atoms with Crippen molar-refractivity contribution in [3.63, 3.8) is 0 Å². The summed E-state index contributed by atoms with van der Waals surface area (Å²) in [5, 5.41) is 7.06. The predicted molar refractivity (Wildman–Crippen MR) is 85.2 cm³/mol. The van der Waals surface area contributed by atoms with Gasteiger partial charge in [-0.2, -0.15) is 0 Å². The minimum atomic E-state index is 0.309. The molecule has 0 heterocycles. The van der Waals surface area contributed by atoms with Crippen LogP contribution in [0, 0.1) is 5.92 Å². The zero-order valence-corrected chi connectivity index (χ0v) is 13.3. The van der Waals surface area contributed by atoms with Crippen molar-refractivity contribution in [3.8, 4) is 0 Å². The number of unbranched alkanes of at least 4 members (excludes halogenated alkanes) is 1. The van der Waals surface area contributed by atoms with Crippen molar-refractivity contribution in [2.75, 3.05) is 13.6 Å². The molecule has 1 rings (SSSR count). The van der Waals surface area contributed by atoms with Crippen LogP contribution in [0.5, 0.6) is 0 Å². The summed E-state index contributed by atoms with van der Waals surface area (Å²) >= 11 is 0. The monoisotopic (exact) mass is 264 g/mol. The third kappa shape index (κ3) is 5.50. The van der Waals surface area contributed by atoms with Gasteiger partial charge in [-0.1, -0.05) is 44.9 Å². The molecule has 1 atom stereocenters. The topological polar surface area (TPSA) is 24.1 Å². The molecule has 0 aromatic heterocycles. The first kappa shape index (κ1) is 16.5. The Balaban J connectivity index is 2.88. The minimum Gasteiger partial charge on any atom is -0.301 e. The summed E-state index contributed by atoms with van der Waals surface area (Å²) in [6.07, 6.45) is 12.5. The van der Waals surface area contributed by atoms with Crippen LogP contribution in [0.3, 0.4) is 0 Å². The lowest BCUT2D eigenvalue weighted by Crippen LogP contribution is -2.42. The number of hydrogen-bond acceptors (Lipinski definition) is 2. The van der Waals surface area contributed by atoms with E-state index in [9.17, 15) is 0 Å². The summed E-state index contributed by atoms with van der Waals surface area (Å²) in [5.41, 5.74) is 3.16. The standard InChI is InChI=1S/C17H32N2/c1-5-8-9-10-16(15(7-3)14-11-12-14)17(18-4)19-13-6-2/h9-10,14,17-19H,5-8,11-13H2,1-4H3/b10-9+,16-15-. The smallest absolute Gasteiger partial charge is 0.0832 e. The van der Waals surface area contributed by atoms with Crippen LogP contribution in [-0.2, 0) is 0 Å². The lowest BCUT2D eigenvalue weighted by molar-refractivity contribution is 0.509. The second kappa shape index (κ2) is 9.33. The van der Waals surface area contributed by atoms with Crippen LogP contribution < -0.4 is 10.6 Å². The van der Waals surface area contributed by atoms with E-state index in [1.165, 1.54) is 44.1 Å². The van der Waals surface area contributed by atoms with Crippen molar-refractivity contribution in [3.05, 3.63) is 23.3 Å².